The Hall–Kier alpha value is -1.27. The van der Waals surface area contributed by atoms with Gasteiger partial charge in [-0.25, -0.2) is 0 Å². The van der Waals surface area contributed by atoms with Crippen molar-refractivity contribution in [1.29, 1.82) is 0 Å². The number of thiocarbonyl (C=S) groups is 1. The van der Waals surface area contributed by atoms with Gasteiger partial charge in [0.25, 0.3) is 0 Å². The van der Waals surface area contributed by atoms with Crippen molar-refractivity contribution < 1.29 is 4.74 Å². The maximum absolute atomic E-state index is 5.62. The fourth-order valence-electron chi connectivity index (χ4n) is 1.89. The standard InChI is InChI=1S/C11H16N4OS/c1-2-16-8-5-7(6-8)14-11-9(10(12)17)3-4-13-15-11/h3-4,7-8H,2,5-6H2,1H3,(H2,12,17)(H,14,15). The molecule has 1 aromatic heterocycles. The second kappa shape index (κ2) is 5.37. The average molecular weight is 252 g/mol. The zero-order chi connectivity index (χ0) is 12.3. The monoisotopic (exact) mass is 252 g/mol. The van der Waals surface area contributed by atoms with Crippen LogP contribution in [0.4, 0.5) is 5.82 Å². The highest BCUT2D eigenvalue weighted by molar-refractivity contribution is 7.80. The molecule has 0 aliphatic heterocycles. The predicted octanol–water partition coefficient (Wildman–Crippen LogP) is 1.09. The Morgan fingerprint density at radius 3 is 3.06 bits per heavy atom. The molecule has 5 nitrogen and oxygen atoms in total. The van der Waals surface area contributed by atoms with Gasteiger partial charge < -0.3 is 15.8 Å². The number of rotatable bonds is 5. The lowest BCUT2D eigenvalue weighted by molar-refractivity contribution is 0.00291. The molecule has 0 radical (unpaired) electrons. The summed E-state index contributed by atoms with van der Waals surface area (Å²) in [4.78, 5) is 0.336. The third-order valence-corrected chi connectivity index (χ3v) is 3.04. The van der Waals surface area contributed by atoms with Crippen molar-refractivity contribution in [3.8, 4) is 0 Å². The van der Waals surface area contributed by atoms with Crippen LogP contribution in [0.2, 0.25) is 0 Å². The highest BCUT2D eigenvalue weighted by atomic mass is 32.1. The second-order valence-electron chi connectivity index (χ2n) is 4.05. The number of nitrogens with two attached hydrogens (primary N) is 1. The number of nitrogens with one attached hydrogen (secondary N) is 1. The summed E-state index contributed by atoms with van der Waals surface area (Å²) < 4.78 is 5.50. The van der Waals surface area contributed by atoms with E-state index < -0.39 is 0 Å². The first-order chi connectivity index (χ1) is 8.20. The molecule has 1 saturated carbocycles. The van der Waals surface area contributed by atoms with Gasteiger partial charge in [0.1, 0.15) is 4.99 Å². The van der Waals surface area contributed by atoms with Crippen molar-refractivity contribution in [3.05, 3.63) is 17.8 Å². The van der Waals surface area contributed by atoms with Crippen molar-refractivity contribution in [2.45, 2.75) is 31.9 Å². The Balaban J connectivity index is 1.94. The average Bonchev–Trinajstić information content (AvgIpc) is 2.26. The summed E-state index contributed by atoms with van der Waals surface area (Å²) in [7, 11) is 0. The van der Waals surface area contributed by atoms with Crippen LogP contribution in [0.5, 0.6) is 0 Å². The Bertz CT molecular complexity index is 406. The first kappa shape index (κ1) is 12.2. The third kappa shape index (κ3) is 2.89. The number of anilines is 1. The number of hydrogen-bond acceptors (Lipinski definition) is 5. The molecule has 0 amide bonds. The van der Waals surface area contributed by atoms with Crippen molar-refractivity contribution in [3.63, 3.8) is 0 Å². The molecular formula is C11H16N4OS. The first-order valence-corrected chi connectivity index (χ1v) is 6.11. The minimum atomic E-state index is 0.336. The van der Waals surface area contributed by atoms with Crippen LogP contribution in [0.15, 0.2) is 12.3 Å². The maximum Gasteiger partial charge on any atom is 0.159 e. The minimum absolute atomic E-state index is 0.336. The summed E-state index contributed by atoms with van der Waals surface area (Å²) in [5.41, 5.74) is 6.37. The molecule has 17 heavy (non-hydrogen) atoms. The molecule has 1 aliphatic rings. The molecule has 92 valence electrons. The molecule has 3 N–H and O–H groups in total. The number of hydrogen-bond donors (Lipinski definition) is 2. The number of aromatic nitrogens is 2. The van der Waals surface area contributed by atoms with Gasteiger partial charge in [-0.2, -0.15) is 5.10 Å². The van der Waals surface area contributed by atoms with Gasteiger partial charge >= 0.3 is 0 Å². The lowest BCUT2D eigenvalue weighted by atomic mass is 9.89. The molecule has 0 bridgehead atoms. The topological polar surface area (TPSA) is 73.1 Å². The van der Waals surface area contributed by atoms with E-state index in [4.69, 9.17) is 22.7 Å². The van der Waals surface area contributed by atoms with Crippen LogP contribution < -0.4 is 11.1 Å². The maximum atomic E-state index is 5.62. The van der Waals surface area contributed by atoms with Gasteiger partial charge in [-0.3, -0.25) is 0 Å². The van der Waals surface area contributed by atoms with E-state index in [0.717, 1.165) is 25.0 Å². The van der Waals surface area contributed by atoms with Gasteiger partial charge in [-0.1, -0.05) is 12.2 Å². The minimum Gasteiger partial charge on any atom is -0.389 e. The quantitative estimate of drug-likeness (QED) is 0.764. The van der Waals surface area contributed by atoms with Crippen molar-refractivity contribution in [1.82, 2.24) is 10.2 Å². The summed E-state index contributed by atoms with van der Waals surface area (Å²) in [5.74, 6) is 0.667. The van der Waals surface area contributed by atoms with Gasteiger partial charge in [0.05, 0.1) is 17.9 Å². The zero-order valence-electron chi connectivity index (χ0n) is 9.72. The molecule has 0 atom stereocenters. The van der Waals surface area contributed by atoms with Crippen molar-refractivity contribution in [2.75, 3.05) is 11.9 Å². The summed E-state index contributed by atoms with van der Waals surface area (Å²) in [6, 6.07) is 2.15. The molecule has 1 aliphatic carbocycles. The van der Waals surface area contributed by atoms with Gasteiger partial charge in [0.2, 0.25) is 0 Å². The lowest BCUT2D eigenvalue weighted by Crippen LogP contribution is -2.41. The van der Waals surface area contributed by atoms with Crippen molar-refractivity contribution in [2.24, 2.45) is 5.73 Å². The predicted molar refractivity (Wildman–Crippen MR) is 70.0 cm³/mol. The van der Waals surface area contributed by atoms with Gasteiger partial charge in [0.15, 0.2) is 5.82 Å². The summed E-state index contributed by atoms with van der Waals surface area (Å²) in [5, 5.41) is 11.2. The van der Waals surface area contributed by atoms with E-state index in [0.29, 0.717) is 23.0 Å². The van der Waals surface area contributed by atoms with E-state index in [1.165, 1.54) is 0 Å². The van der Waals surface area contributed by atoms with E-state index in [1.54, 1.807) is 12.3 Å². The van der Waals surface area contributed by atoms with E-state index in [2.05, 4.69) is 15.5 Å². The van der Waals surface area contributed by atoms with Crippen LogP contribution in [0.3, 0.4) is 0 Å². The molecule has 0 saturated heterocycles. The van der Waals surface area contributed by atoms with Crippen LogP contribution in [0.1, 0.15) is 25.3 Å². The molecule has 0 unspecified atom stereocenters. The lowest BCUT2D eigenvalue weighted by Gasteiger charge is -2.35. The van der Waals surface area contributed by atoms with Gasteiger partial charge in [0, 0.05) is 12.6 Å². The van der Waals surface area contributed by atoms with Crippen LogP contribution in [-0.2, 0) is 4.74 Å². The number of nitrogens with zero attached hydrogens (tertiary/aromatic N) is 2. The van der Waals surface area contributed by atoms with Crippen LogP contribution in [0.25, 0.3) is 0 Å². The van der Waals surface area contributed by atoms with Crippen LogP contribution in [-0.4, -0.2) is 33.9 Å². The van der Waals surface area contributed by atoms with E-state index in [9.17, 15) is 0 Å². The molecule has 0 spiro atoms. The fraction of sp³-hybridized carbons (Fsp3) is 0.545. The van der Waals surface area contributed by atoms with Crippen LogP contribution >= 0.6 is 12.2 Å². The van der Waals surface area contributed by atoms with E-state index >= 15 is 0 Å². The Labute approximate surface area is 106 Å². The summed E-state index contributed by atoms with van der Waals surface area (Å²) >= 11 is 4.97. The van der Waals surface area contributed by atoms with E-state index in [1.807, 2.05) is 6.92 Å². The molecule has 1 fully saturated rings. The fourth-order valence-corrected chi connectivity index (χ4v) is 2.05. The van der Waals surface area contributed by atoms with Crippen LogP contribution in [0, 0.1) is 0 Å². The molecule has 0 aromatic carbocycles. The SMILES string of the molecule is CCOC1CC(Nc2nnccc2C(N)=S)C1. The van der Waals surface area contributed by atoms with Crippen molar-refractivity contribution >= 4 is 23.0 Å². The second-order valence-corrected chi connectivity index (χ2v) is 4.49. The van der Waals surface area contributed by atoms with Gasteiger partial charge in [-0.05, 0) is 25.8 Å². The Morgan fingerprint density at radius 1 is 1.65 bits per heavy atom. The normalized spacial score (nSPS) is 22.9. The molecule has 6 heteroatoms. The highest BCUT2D eigenvalue weighted by Gasteiger charge is 2.30. The Kier molecular flexibility index (Phi) is 3.86. The summed E-state index contributed by atoms with van der Waals surface area (Å²) in [6.07, 6.45) is 3.92. The van der Waals surface area contributed by atoms with Gasteiger partial charge in [-0.15, -0.1) is 5.10 Å². The number of ether oxygens (including phenoxy) is 1. The Morgan fingerprint density at radius 2 is 2.41 bits per heavy atom. The molecule has 2 rings (SSSR count). The summed E-state index contributed by atoms with van der Waals surface area (Å²) in [6.45, 7) is 2.77. The molecular weight excluding hydrogens is 236 g/mol. The highest BCUT2D eigenvalue weighted by Crippen LogP contribution is 2.26. The zero-order valence-corrected chi connectivity index (χ0v) is 10.5. The molecule has 1 heterocycles. The van der Waals surface area contributed by atoms with E-state index in [-0.39, 0.29) is 0 Å². The largest absolute Gasteiger partial charge is 0.389 e. The smallest absolute Gasteiger partial charge is 0.159 e. The third-order valence-electron chi connectivity index (χ3n) is 2.82. The first-order valence-electron chi connectivity index (χ1n) is 5.70. The molecule has 1 aromatic rings.